The molecule has 1 aliphatic rings. The van der Waals surface area contributed by atoms with Gasteiger partial charge in [0, 0.05) is 43.5 Å². The first kappa shape index (κ1) is 29.5. The zero-order valence-corrected chi connectivity index (χ0v) is 23.5. The first-order chi connectivity index (χ1) is 19.5. The molecular weight excluding hydrogens is 540 g/mol. The molecule has 0 spiro atoms. The van der Waals surface area contributed by atoms with Crippen LogP contribution in [-0.4, -0.2) is 61.0 Å². The highest BCUT2D eigenvalue weighted by molar-refractivity contribution is 5.86. The van der Waals surface area contributed by atoms with Crippen molar-refractivity contribution in [2.75, 3.05) is 14.2 Å². The molecule has 5 atom stereocenters. The van der Waals surface area contributed by atoms with Crippen molar-refractivity contribution in [1.29, 1.82) is 0 Å². The number of aromatic hydroxyl groups is 2. The lowest BCUT2D eigenvalue weighted by Gasteiger charge is -2.43. The van der Waals surface area contributed by atoms with Gasteiger partial charge in [0.25, 0.3) is 0 Å². The Morgan fingerprint density at radius 2 is 1.54 bits per heavy atom. The highest BCUT2D eigenvalue weighted by Gasteiger charge is 2.48. The van der Waals surface area contributed by atoms with Gasteiger partial charge in [0.15, 0.2) is 16.9 Å². The van der Waals surface area contributed by atoms with Gasteiger partial charge in [-0.15, -0.1) is 0 Å². The van der Waals surface area contributed by atoms with E-state index in [0.29, 0.717) is 12.0 Å². The second kappa shape index (κ2) is 12.0. The Kier molecular flexibility index (Phi) is 8.62. The maximum atomic E-state index is 13.0. The van der Waals surface area contributed by atoms with Crippen molar-refractivity contribution >= 4 is 22.9 Å². The summed E-state index contributed by atoms with van der Waals surface area (Å²) in [5.74, 6) is -1.85. The van der Waals surface area contributed by atoms with Crippen LogP contribution in [0.5, 0.6) is 28.7 Å². The number of phenolic OH excluding ortho intramolecular Hbond substituents is 2. The van der Waals surface area contributed by atoms with Gasteiger partial charge in [0.1, 0.15) is 34.3 Å². The van der Waals surface area contributed by atoms with Gasteiger partial charge in [-0.25, -0.2) is 0 Å². The molecule has 0 saturated carbocycles. The van der Waals surface area contributed by atoms with Crippen LogP contribution in [0, 0.1) is 5.92 Å². The molecule has 0 aliphatic carbocycles. The summed E-state index contributed by atoms with van der Waals surface area (Å²) in [6.45, 7) is 6.17. The van der Waals surface area contributed by atoms with Crippen LogP contribution >= 0.6 is 0 Å². The summed E-state index contributed by atoms with van der Waals surface area (Å²) in [5, 5.41) is 20.9. The lowest BCUT2D eigenvalue weighted by atomic mass is 9.89. The minimum Gasteiger partial charge on any atom is -0.507 e. The van der Waals surface area contributed by atoms with Gasteiger partial charge in [0.2, 0.25) is 18.1 Å². The fraction of sp³-hybridized carbons (Fsp3) is 0.414. The van der Waals surface area contributed by atoms with Crippen molar-refractivity contribution in [2.24, 2.45) is 5.92 Å². The molecule has 0 amide bonds. The minimum atomic E-state index is -1.22. The molecule has 2 aromatic carbocycles. The number of benzene rings is 2. The zero-order valence-electron chi connectivity index (χ0n) is 23.5. The number of phenols is 2. The number of fused-ring (bicyclic) bond motifs is 1. The Morgan fingerprint density at radius 3 is 2.10 bits per heavy atom. The number of esters is 2. The molecule has 1 saturated heterocycles. The maximum Gasteiger partial charge on any atom is 0.303 e. The Labute approximate surface area is 235 Å². The fourth-order valence-corrected chi connectivity index (χ4v) is 4.91. The SMILES string of the molecule is CC[C@H]1O[C@@H](Oc2cc(O)c3c(=O)cc(-c4cc(OC)c(O)c(OC)c4)oc3c2)[C@H](OC(C)=O)[C@@H](OC(C)=O)[C@H]1C. The summed E-state index contributed by atoms with van der Waals surface area (Å²) in [7, 11) is 2.73. The van der Waals surface area contributed by atoms with Crippen LogP contribution in [0.3, 0.4) is 0 Å². The number of carbonyl (C=O) groups is 2. The Hall–Kier alpha value is -4.45. The van der Waals surface area contributed by atoms with Crippen LogP contribution in [0.25, 0.3) is 22.3 Å². The van der Waals surface area contributed by atoms with E-state index in [4.69, 9.17) is 32.8 Å². The molecule has 220 valence electrons. The van der Waals surface area contributed by atoms with E-state index < -0.39 is 47.7 Å². The smallest absolute Gasteiger partial charge is 0.303 e. The molecule has 0 radical (unpaired) electrons. The summed E-state index contributed by atoms with van der Waals surface area (Å²) in [6.07, 6.45) is -3.07. The standard InChI is InChI=1S/C29H32O12/c1-7-20-13(2)27(37-14(3)30)28(38-15(4)31)29(41-20)39-17-10-18(32)25-19(33)12-21(40-22(25)11-17)16-8-23(35-5)26(34)24(9-16)36-6/h8-13,20,27-29,32,34H,7H2,1-6H3/t13-,20+,27-,28+,29+/m0/s1. The van der Waals surface area contributed by atoms with Crippen LogP contribution in [0.2, 0.25) is 0 Å². The van der Waals surface area contributed by atoms with Crippen LogP contribution < -0.4 is 19.6 Å². The van der Waals surface area contributed by atoms with E-state index >= 15 is 0 Å². The molecule has 1 aromatic heterocycles. The monoisotopic (exact) mass is 572 g/mol. The topological polar surface area (TPSA) is 160 Å². The second-order valence-electron chi connectivity index (χ2n) is 9.60. The second-order valence-corrected chi connectivity index (χ2v) is 9.60. The van der Waals surface area contributed by atoms with Crippen LogP contribution in [0.15, 0.2) is 39.5 Å². The van der Waals surface area contributed by atoms with Crippen LogP contribution in [0.4, 0.5) is 0 Å². The number of hydrogen-bond donors (Lipinski definition) is 2. The van der Waals surface area contributed by atoms with E-state index in [1.54, 1.807) is 0 Å². The van der Waals surface area contributed by atoms with Gasteiger partial charge >= 0.3 is 11.9 Å². The summed E-state index contributed by atoms with van der Waals surface area (Å²) in [5.41, 5.74) is -0.209. The van der Waals surface area contributed by atoms with Crippen molar-refractivity contribution in [3.63, 3.8) is 0 Å². The van der Waals surface area contributed by atoms with Crippen molar-refractivity contribution in [1.82, 2.24) is 0 Å². The van der Waals surface area contributed by atoms with Crippen molar-refractivity contribution < 1.29 is 52.6 Å². The average Bonchev–Trinajstić information content (AvgIpc) is 2.91. The van der Waals surface area contributed by atoms with E-state index in [-0.39, 0.29) is 45.6 Å². The van der Waals surface area contributed by atoms with Gasteiger partial charge in [-0.1, -0.05) is 13.8 Å². The van der Waals surface area contributed by atoms with Gasteiger partial charge in [0.05, 0.1) is 20.3 Å². The van der Waals surface area contributed by atoms with E-state index in [2.05, 4.69) is 0 Å². The summed E-state index contributed by atoms with van der Waals surface area (Å²) in [4.78, 5) is 36.8. The predicted molar refractivity (Wildman–Crippen MR) is 144 cm³/mol. The molecule has 2 N–H and O–H groups in total. The molecule has 41 heavy (non-hydrogen) atoms. The number of hydrogen-bond acceptors (Lipinski definition) is 12. The number of rotatable bonds is 8. The Bertz CT molecular complexity index is 1480. The lowest BCUT2D eigenvalue weighted by Crippen LogP contribution is -2.58. The lowest BCUT2D eigenvalue weighted by molar-refractivity contribution is -0.266. The quantitative estimate of drug-likeness (QED) is 0.375. The molecule has 3 aromatic rings. The largest absolute Gasteiger partial charge is 0.507 e. The molecular formula is C29H32O12. The van der Waals surface area contributed by atoms with Gasteiger partial charge in [-0.2, -0.15) is 0 Å². The molecule has 1 aliphatic heterocycles. The molecule has 12 nitrogen and oxygen atoms in total. The normalized spacial score (nSPS) is 22.1. The third kappa shape index (κ3) is 6.02. The molecule has 12 heteroatoms. The molecule has 0 bridgehead atoms. The maximum absolute atomic E-state index is 13.0. The Balaban J connectivity index is 1.78. The van der Waals surface area contributed by atoms with Crippen LogP contribution in [0.1, 0.15) is 34.1 Å². The third-order valence-corrected chi connectivity index (χ3v) is 6.81. The average molecular weight is 573 g/mol. The van der Waals surface area contributed by atoms with E-state index in [1.807, 2.05) is 13.8 Å². The number of carbonyl (C=O) groups excluding carboxylic acids is 2. The van der Waals surface area contributed by atoms with E-state index in [0.717, 1.165) is 0 Å². The summed E-state index contributed by atoms with van der Waals surface area (Å²) >= 11 is 0. The van der Waals surface area contributed by atoms with Crippen molar-refractivity contribution in [2.45, 2.75) is 58.7 Å². The van der Waals surface area contributed by atoms with Gasteiger partial charge < -0.3 is 43.1 Å². The number of methoxy groups -OCH3 is 2. The fourth-order valence-electron chi connectivity index (χ4n) is 4.91. The first-order valence-corrected chi connectivity index (χ1v) is 12.9. The molecule has 2 heterocycles. The van der Waals surface area contributed by atoms with Gasteiger partial charge in [-0.3, -0.25) is 14.4 Å². The van der Waals surface area contributed by atoms with Crippen LogP contribution in [-0.2, 0) is 23.8 Å². The van der Waals surface area contributed by atoms with Crippen molar-refractivity contribution in [3.05, 3.63) is 40.6 Å². The van der Waals surface area contributed by atoms with Crippen molar-refractivity contribution in [3.8, 4) is 40.1 Å². The predicted octanol–water partition coefficient (Wildman–Crippen LogP) is 3.90. The summed E-state index contributed by atoms with van der Waals surface area (Å²) in [6, 6.07) is 6.69. The van der Waals surface area contributed by atoms with Gasteiger partial charge in [-0.05, 0) is 18.6 Å². The number of ether oxygens (including phenoxy) is 6. The van der Waals surface area contributed by atoms with E-state index in [9.17, 15) is 24.6 Å². The van der Waals surface area contributed by atoms with E-state index in [1.165, 1.54) is 58.4 Å². The zero-order chi connectivity index (χ0) is 30.0. The first-order valence-electron chi connectivity index (χ1n) is 12.9. The third-order valence-electron chi connectivity index (χ3n) is 6.81. The molecule has 4 rings (SSSR count). The molecule has 0 unspecified atom stereocenters. The molecule has 1 fully saturated rings. The summed E-state index contributed by atoms with van der Waals surface area (Å²) < 4.78 is 39.5. The highest BCUT2D eigenvalue weighted by Crippen LogP contribution is 2.41. The Morgan fingerprint density at radius 1 is 0.927 bits per heavy atom. The minimum absolute atomic E-state index is 0.0229. The highest BCUT2D eigenvalue weighted by atomic mass is 16.7.